The van der Waals surface area contributed by atoms with Crippen molar-refractivity contribution in [2.45, 2.75) is 78.2 Å². The fraction of sp³-hybridized carbons (Fsp3) is 1.00. The maximum absolute atomic E-state index is 3.84. The van der Waals surface area contributed by atoms with Crippen LogP contribution >= 0.6 is 0 Å². The Labute approximate surface area is 101 Å². The summed E-state index contributed by atoms with van der Waals surface area (Å²) in [5.74, 6) is 0. The van der Waals surface area contributed by atoms with Crippen LogP contribution in [0.1, 0.15) is 72.1 Å². The van der Waals surface area contributed by atoms with Crippen molar-refractivity contribution in [3.63, 3.8) is 0 Å². The molecule has 1 nitrogen and oxygen atoms in total. The number of nitrogens with one attached hydrogen (secondary N) is 1. The molecule has 0 bridgehead atoms. The van der Waals surface area contributed by atoms with Gasteiger partial charge in [-0.1, -0.05) is 40.0 Å². The molecule has 2 aliphatic carbocycles. The standard InChI is InChI=1S/C15H29N/c1-14(2,3)11-12-16-13-7-10-15(13)8-5-4-6-9-15/h13,16H,4-12H2,1-3H3. The molecular weight excluding hydrogens is 194 g/mol. The molecule has 2 fully saturated rings. The SMILES string of the molecule is CC(C)(C)CCNC1CCC12CCCCC2. The molecule has 1 atom stereocenters. The van der Waals surface area contributed by atoms with Crippen LogP contribution in [0, 0.1) is 10.8 Å². The lowest BCUT2D eigenvalue weighted by Crippen LogP contribution is -2.54. The first kappa shape index (κ1) is 12.4. The molecule has 1 heteroatoms. The zero-order valence-corrected chi connectivity index (χ0v) is 11.4. The number of rotatable bonds is 3. The third-order valence-corrected chi connectivity index (χ3v) is 4.79. The topological polar surface area (TPSA) is 12.0 Å². The van der Waals surface area contributed by atoms with Crippen LogP contribution in [-0.2, 0) is 0 Å². The third-order valence-electron chi connectivity index (χ3n) is 4.79. The lowest BCUT2D eigenvalue weighted by Gasteiger charge is -2.53. The van der Waals surface area contributed by atoms with Gasteiger partial charge in [0.15, 0.2) is 0 Å². The van der Waals surface area contributed by atoms with Gasteiger partial charge in [0.2, 0.25) is 0 Å². The van der Waals surface area contributed by atoms with Gasteiger partial charge < -0.3 is 5.32 Å². The van der Waals surface area contributed by atoms with E-state index in [4.69, 9.17) is 0 Å². The predicted octanol–water partition coefficient (Wildman–Crippen LogP) is 4.13. The molecule has 1 unspecified atom stereocenters. The molecule has 0 saturated heterocycles. The Kier molecular flexibility index (Phi) is 3.63. The summed E-state index contributed by atoms with van der Waals surface area (Å²) in [6, 6.07) is 0.857. The van der Waals surface area contributed by atoms with E-state index in [0.717, 1.165) is 11.5 Å². The van der Waals surface area contributed by atoms with Crippen LogP contribution in [-0.4, -0.2) is 12.6 Å². The Hall–Kier alpha value is -0.0400. The summed E-state index contributed by atoms with van der Waals surface area (Å²) in [6.45, 7) is 8.24. The van der Waals surface area contributed by atoms with Crippen LogP contribution in [0.2, 0.25) is 0 Å². The van der Waals surface area contributed by atoms with Crippen LogP contribution < -0.4 is 5.32 Å². The maximum Gasteiger partial charge on any atom is 0.0124 e. The molecule has 2 rings (SSSR count). The number of hydrogen-bond acceptors (Lipinski definition) is 1. The molecule has 1 N–H and O–H groups in total. The van der Waals surface area contributed by atoms with E-state index in [1.54, 1.807) is 0 Å². The van der Waals surface area contributed by atoms with Crippen molar-refractivity contribution >= 4 is 0 Å². The molecule has 94 valence electrons. The normalized spacial score (nSPS) is 29.1. The van der Waals surface area contributed by atoms with Crippen LogP contribution in [0.4, 0.5) is 0 Å². The summed E-state index contributed by atoms with van der Waals surface area (Å²) >= 11 is 0. The first-order valence-corrected chi connectivity index (χ1v) is 7.25. The van der Waals surface area contributed by atoms with Crippen LogP contribution in [0.5, 0.6) is 0 Å². The van der Waals surface area contributed by atoms with Gasteiger partial charge in [0.1, 0.15) is 0 Å². The van der Waals surface area contributed by atoms with Crippen molar-refractivity contribution in [2.75, 3.05) is 6.54 Å². The summed E-state index contributed by atoms with van der Waals surface area (Å²) in [4.78, 5) is 0. The van der Waals surface area contributed by atoms with Crippen molar-refractivity contribution < 1.29 is 0 Å². The van der Waals surface area contributed by atoms with E-state index in [9.17, 15) is 0 Å². The van der Waals surface area contributed by atoms with Crippen LogP contribution in [0.3, 0.4) is 0 Å². The monoisotopic (exact) mass is 223 g/mol. The predicted molar refractivity (Wildman–Crippen MR) is 70.6 cm³/mol. The Balaban J connectivity index is 1.74. The van der Waals surface area contributed by atoms with Gasteiger partial charge in [-0.15, -0.1) is 0 Å². The van der Waals surface area contributed by atoms with Crippen molar-refractivity contribution in [2.24, 2.45) is 10.8 Å². The van der Waals surface area contributed by atoms with E-state index in [0.29, 0.717) is 5.41 Å². The van der Waals surface area contributed by atoms with Crippen molar-refractivity contribution in [1.82, 2.24) is 5.32 Å². The second-order valence-electron chi connectivity index (χ2n) is 7.28. The van der Waals surface area contributed by atoms with Crippen molar-refractivity contribution in [1.29, 1.82) is 0 Å². The zero-order valence-electron chi connectivity index (χ0n) is 11.4. The fourth-order valence-electron chi connectivity index (χ4n) is 3.49. The van der Waals surface area contributed by atoms with Gasteiger partial charge in [0.25, 0.3) is 0 Å². The van der Waals surface area contributed by atoms with Crippen molar-refractivity contribution in [3.05, 3.63) is 0 Å². The highest BCUT2D eigenvalue weighted by Crippen LogP contribution is 2.51. The Morgan fingerprint density at radius 2 is 1.75 bits per heavy atom. The summed E-state index contributed by atoms with van der Waals surface area (Å²) in [6.07, 6.45) is 11.7. The van der Waals surface area contributed by atoms with Crippen LogP contribution in [0.25, 0.3) is 0 Å². The molecular formula is C15H29N. The molecule has 0 amide bonds. The van der Waals surface area contributed by atoms with Gasteiger partial charge in [-0.3, -0.25) is 0 Å². The fourth-order valence-corrected chi connectivity index (χ4v) is 3.49. The molecule has 0 heterocycles. The number of hydrogen-bond donors (Lipinski definition) is 1. The van der Waals surface area contributed by atoms with Gasteiger partial charge in [-0.2, -0.15) is 0 Å². The summed E-state index contributed by atoms with van der Waals surface area (Å²) < 4.78 is 0. The Bertz CT molecular complexity index is 220. The highest BCUT2D eigenvalue weighted by Gasteiger charge is 2.46. The average Bonchev–Trinajstić information content (AvgIpc) is 2.23. The van der Waals surface area contributed by atoms with E-state index in [-0.39, 0.29) is 0 Å². The highest BCUT2D eigenvalue weighted by molar-refractivity contribution is 5.01. The van der Waals surface area contributed by atoms with Crippen LogP contribution in [0.15, 0.2) is 0 Å². The molecule has 2 saturated carbocycles. The van der Waals surface area contributed by atoms with Gasteiger partial charge in [-0.05, 0) is 49.5 Å². The second kappa shape index (κ2) is 4.68. The van der Waals surface area contributed by atoms with Gasteiger partial charge in [-0.25, -0.2) is 0 Å². The summed E-state index contributed by atoms with van der Waals surface area (Å²) in [5, 5.41) is 3.84. The summed E-state index contributed by atoms with van der Waals surface area (Å²) in [7, 11) is 0. The minimum absolute atomic E-state index is 0.483. The van der Waals surface area contributed by atoms with Gasteiger partial charge in [0.05, 0.1) is 0 Å². The van der Waals surface area contributed by atoms with E-state index >= 15 is 0 Å². The van der Waals surface area contributed by atoms with E-state index in [1.807, 2.05) is 0 Å². The molecule has 0 aromatic carbocycles. The Morgan fingerprint density at radius 3 is 2.25 bits per heavy atom. The largest absolute Gasteiger partial charge is 0.313 e. The minimum Gasteiger partial charge on any atom is -0.313 e. The first-order chi connectivity index (χ1) is 7.52. The smallest absolute Gasteiger partial charge is 0.0124 e. The molecule has 0 aromatic rings. The zero-order chi connectivity index (χ0) is 11.6. The van der Waals surface area contributed by atoms with Gasteiger partial charge in [0, 0.05) is 6.04 Å². The third kappa shape index (κ3) is 2.80. The molecule has 0 aliphatic heterocycles. The molecule has 16 heavy (non-hydrogen) atoms. The summed E-state index contributed by atoms with van der Waals surface area (Å²) in [5.41, 5.74) is 1.21. The molecule has 0 radical (unpaired) electrons. The first-order valence-electron chi connectivity index (χ1n) is 7.25. The molecule has 0 aromatic heterocycles. The Morgan fingerprint density at radius 1 is 1.06 bits per heavy atom. The average molecular weight is 223 g/mol. The van der Waals surface area contributed by atoms with E-state index in [2.05, 4.69) is 26.1 Å². The molecule has 2 aliphatic rings. The molecule has 1 spiro atoms. The maximum atomic E-state index is 3.84. The lowest BCUT2D eigenvalue weighted by atomic mass is 9.57. The van der Waals surface area contributed by atoms with E-state index < -0.39 is 0 Å². The quantitative estimate of drug-likeness (QED) is 0.758. The van der Waals surface area contributed by atoms with Gasteiger partial charge >= 0.3 is 0 Å². The highest BCUT2D eigenvalue weighted by atomic mass is 15.0. The minimum atomic E-state index is 0.483. The second-order valence-corrected chi connectivity index (χ2v) is 7.28. The van der Waals surface area contributed by atoms with E-state index in [1.165, 1.54) is 57.9 Å². The lowest BCUT2D eigenvalue weighted by molar-refractivity contribution is 0.0220. The van der Waals surface area contributed by atoms with Crippen molar-refractivity contribution in [3.8, 4) is 0 Å².